The van der Waals surface area contributed by atoms with Crippen LogP contribution in [0.25, 0.3) is 16.6 Å². The van der Waals surface area contributed by atoms with Gasteiger partial charge in [0.1, 0.15) is 5.82 Å². The second-order valence-electron chi connectivity index (χ2n) is 5.99. The van der Waals surface area contributed by atoms with Crippen molar-refractivity contribution < 1.29 is 23.1 Å². The number of amides is 1. The summed E-state index contributed by atoms with van der Waals surface area (Å²) < 4.78 is 40.7. The van der Waals surface area contributed by atoms with Crippen molar-refractivity contribution >= 4 is 22.6 Å². The number of aliphatic hydroxyl groups is 1. The molecule has 2 N–H and O–H groups in total. The molecule has 1 amide bonds. The average molecular weight is 364 g/mol. The van der Waals surface area contributed by atoms with Gasteiger partial charge in [0.2, 0.25) is 5.91 Å². The number of rotatable bonds is 3. The van der Waals surface area contributed by atoms with Crippen LogP contribution in [0.15, 0.2) is 42.7 Å². The lowest BCUT2D eigenvalue weighted by atomic mass is 9.95. The number of benzene rings is 1. The Labute approximate surface area is 146 Å². The Morgan fingerprint density at radius 2 is 1.96 bits per heavy atom. The number of halogens is 3. The molecule has 0 saturated heterocycles. The third-order valence-electron chi connectivity index (χ3n) is 3.96. The molecule has 0 spiro atoms. The van der Waals surface area contributed by atoms with E-state index in [1.165, 1.54) is 42.2 Å². The van der Waals surface area contributed by atoms with Gasteiger partial charge in [0.15, 0.2) is 5.60 Å². The summed E-state index contributed by atoms with van der Waals surface area (Å²) in [4.78, 5) is 15.3. The Balaban J connectivity index is 2.10. The zero-order valence-corrected chi connectivity index (χ0v) is 13.9. The molecule has 0 fully saturated rings. The molecule has 9 heteroatoms. The minimum Gasteiger partial charge on any atom is -0.376 e. The Morgan fingerprint density at radius 3 is 2.62 bits per heavy atom. The largest absolute Gasteiger partial charge is 0.421 e. The smallest absolute Gasteiger partial charge is 0.376 e. The standard InChI is InChI=1S/C17H15F3N4O2/c1-10(25)23-15-7-14-11(8-21-15)9-22-24(14)13-5-3-4-12(6-13)16(2,26)17(18,19)20/h3-9,26H,1-2H3,(H,21,23,25). The van der Waals surface area contributed by atoms with E-state index in [-0.39, 0.29) is 11.5 Å². The molecule has 136 valence electrons. The lowest BCUT2D eigenvalue weighted by Crippen LogP contribution is -2.39. The van der Waals surface area contributed by atoms with Crippen LogP contribution in [0.3, 0.4) is 0 Å². The van der Waals surface area contributed by atoms with Gasteiger partial charge in [-0.3, -0.25) is 4.79 Å². The molecular formula is C17H15F3N4O2. The molecule has 0 aliphatic carbocycles. The van der Waals surface area contributed by atoms with Gasteiger partial charge >= 0.3 is 6.18 Å². The number of carbonyl (C=O) groups is 1. The van der Waals surface area contributed by atoms with Crippen molar-refractivity contribution in [3.8, 4) is 5.69 Å². The molecular weight excluding hydrogens is 349 g/mol. The lowest BCUT2D eigenvalue weighted by Gasteiger charge is -2.27. The number of alkyl halides is 3. The number of carbonyl (C=O) groups excluding carboxylic acids is 1. The minimum absolute atomic E-state index is 0.296. The fraction of sp³-hybridized carbons (Fsp3) is 0.235. The molecule has 26 heavy (non-hydrogen) atoms. The maximum absolute atomic E-state index is 13.1. The monoisotopic (exact) mass is 364 g/mol. The van der Waals surface area contributed by atoms with Crippen LogP contribution in [-0.2, 0) is 10.4 Å². The molecule has 3 aromatic rings. The van der Waals surface area contributed by atoms with Crippen LogP contribution in [0.4, 0.5) is 19.0 Å². The van der Waals surface area contributed by atoms with Crippen LogP contribution in [0, 0.1) is 0 Å². The summed E-state index contributed by atoms with van der Waals surface area (Å²) in [6, 6.07) is 6.97. The molecule has 1 atom stereocenters. The van der Waals surface area contributed by atoms with Gasteiger partial charge in [-0.1, -0.05) is 12.1 Å². The van der Waals surface area contributed by atoms with E-state index < -0.39 is 11.8 Å². The quantitative estimate of drug-likeness (QED) is 0.748. The SMILES string of the molecule is CC(=O)Nc1cc2c(cn1)cnn2-c1cccc(C(C)(O)C(F)(F)F)c1. The average Bonchev–Trinajstić information content (AvgIpc) is 2.96. The van der Waals surface area contributed by atoms with Crippen LogP contribution in [0.2, 0.25) is 0 Å². The van der Waals surface area contributed by atoms with Gasteiger partial charge in [0.25, 0.3) is 0 Å². The highest BCUT2D eigenvalue weighted by atomic mass is 19.4. The molecule has 2 aromatic heterocycles. The lowest BCUT2D eigenvalue weighted by molar-refractivity contribution is -0.258. The van der Waals surface area contributed by atoms with Crippen molar-refractivity contribution in [2.75, 3.05) is 5.32 Å². The zero-order chi connectivity index (χ0) is 19.1. The van der Waals surface area contributed by atoms with Gasteiger partial charge in [-0.15, -0.1) is 0 Å². The summed E-state index contributed by atoms with van der Waals surface area (Å²) in [6.45, 7) is 2.04. The van der Waals surface area contributed by atoms with E-state index in [2.05, 4.69) is 15.4 Å². The second-order valence-corrected chi connectivity index (χ2v) is 5.99. The fourth-order valence-corrected chi connectivity index (χ4v) is 2.48. The van der Waals surface area contributed by atoms with Gasteiger partial charge in [-0.2, -0.15) is 18.3 Å². The highest BCUT2D eigenvalue weighted by Crippen LogP contribution is 2.39. The Hall–Kier alpha value is -2.94. The minimum atomic E-state index is -4.82. The molecule has 6 nitrogen and oxygen atoms in total. The summed E-state index contributed by atoms with van der Waals surface area (Å²) in [5, 5.41) is 17.2. The first-order valence-corrected chi connectivity index (χ1v) is 7.61. The van der Waals surface area contributed by atoms with Crippen LogP contribution in [0.1, 0.15) is 19.4 Å². The number of anilines is 1. The van der Waals surface area contributed by atoms with Crippen molar-refractivity contribution in [2.24, 2.45) is 0 Å². The van der Waals surface area contributed by atoms with E-state index in [0.29, 0.717) is 29.3 Å². The summed E-state index contributed by atoms with van der Waals surface area (Å²) in [5.74, 6) is -0.00340. The Kier molecular flexibility index (Phi) is 4.19. The first-order valence-electron chi connectivity index (χ1n) is 7.61. The predicted octanol–water partition coefficient (Wildman–Crippen LogP) is 3.15. The molecule has 3 rings (SSSR count). The summed E-state index contributed by atoms with van der Waals surface area (Å²) in [7, 11) is 0. The molecule has 0 saturated carbocycles. The molecule has 1 unspecified atom stereocenters. The molecule has 0 bridgehead atoms. The number of fused-ring (bicyclic) bond motifs is 1. The Morgan fingerprint density at radius 1 is 1.23 bits per heavy atom. The summed E-state index contributed by atoms with van der Waals surface area (Å²) in [5.41, 5.74) is -2.41. The van der Waals surface area contributed by atoms with Crippen molar-refractivity contribution in [2.45, 2.75) is 25.6 Å². The Bertz CT molecular complexity index is 980. The highest BCUT2D eigenvalue weighted by molar-refractivity contribution is 5.90. The van der Waals surface area contributed by atoms with Gasteiger partial charge in [-0.05, 0) is 24.6 Å². The van der Waals surface area contributed by atoms with Gasteiger partial charge in [0.05, 0.1) is 17.4 Å². The van der Waals surface area contributed by atoms with E-state index in [0.717, 1.165) is 0 Å². The number of pyridine rings is 1. The number of nitrogens with zero attached hydrogens (tertiary/aromatic N) is 3. The molecule has 0 aliphatic rings. The number of hydrogen-bond donors (Lipinski definition) is 2. The van der Waals surface area contributed by atoms with E-state index >= 15 is 0 Å². The molecule has 0 radical (unpaired) electrons. The van der Waals surface area contributed by atoms with E-state index in [4.69, 9.17) is 0 Å². The van der Waals surface area contributed by atoms with Crippen LogP contribution >= 0.6 is 0 Å². The maximum atomic E-state index is 13.1. The van der Waals surface area contributed by atoms with Crippen molar-refractivity contribution in [3.63, 3.8) is 0 Å². The fourth-order valence-electron chi connectivity index (χ4n) is 2.48. The second kappa shape index (κ2) is 6.10. The third-order valence-corrected chi connectivity index (χ3v) is 3.96. The molecule has 0 aliphatic heterocycles. The third kappa shape index (κ3) is 3.13. The van der Waals surface area contributed by atoms with Crippen LogP contribution in [-0.4, -0.2) is 32.0 Å². The van der Waals surface area contributed by atoms with E-state index in [9.17, 15) is 23.1 Å². The molecule has 2 heterocycles. The zero-order valence-electron chi connectivity index (χ0n) is 13.9. The van der Waals surface area contributed by atoms with E-state index in [1.54, 1.807) is 12.1 Å². The summed E-state index contributed by atoms with van der Waals surface area (Å²) >= 11 is 0. The predicted molar refractivity (Wildman–Crippen MR) is 88.8 cm³/mol. The first-order chi connectivity index (χ1) is 12.1. The summed E-state index contributed by atoms with van der Waals surface area (Å²) in [6.07, 6.45) is -1.81. The number of hydrogen-bond acceptors (Lipinski definition) is 4. The van der Waals surface area contributed by atoms with Crippen LogP contribution < -0.4 is 5.32 Å². The van der Waals surface area contributed by atoms with Gasteiger partial charge in [-0.25, -0.2) is 9.67 Å². The van der Waals surface area contributed by atoms with Gasteiger partial charge in [0, 0.05) is 24.6 Å². The number of nitrogens with one attached hydrogen (secondary N) is 1. The number of aromatic nitrogens is 3. The normalized spacial score (nSPS) is 14.2. The molecule has 1 aromatic carbocycles. The van der Waals surface area contributed by atoms with Gasteiger partial charge < -0.3 is 10.4 Å². The van der Waals surface area contributed by atoms with Crippen molar-refractivity contribution in [1.82, 2.24) is 14.8 Å². The maximum Gasteiger partial charge on any atom is 0.421 e. The first kappa shape index (κ1) is 17.9. The van der Waals surface area contributed by atoms with Crippen LogP contribution in [0.5, 0.6) is 0 Å². The highest BCUT2D eigenvalue weighted by Gasteiger charge is 2.51. The van der Waals surface area contributed by atoms with Crippen molar-refractivity contribution in [3.05, 3.63) is 48.3 Å². The van der Waals surface area contributed by atoms with Crippen molar-refractivity contribution in [1.29, 1.82) is 0 Å². The van der Waals surface area contributed by atoms with E-state index in [1.807, 2.05) is 0 Å². The topological polar surface area (TPSA) is 80.0 Å².